The molecule has 0 N–H and O–H groups in total. The number of fused-ring (bicyclic) bond motifs is 1. The molecular formula is C31H30FN3OS. The van der Waals surface area contributed by atoms with Crippen molar-refractivity contribution in [2.24, 2.45) is 4.99 Å². The van der Waals surface area contributed by atoms with E-state index in [1.165, 1.54) is 11.8 Å². The zero-order valence-corrected chi connectivity index (χ0v) is 22.3. The van der Waals surface area contributed by atoms with Crippen LogP contribution in [0.2, 0.25) is 0 Å². The van der Waals surface area contributed by atoms with Crippen LogP contribution >= 0.6 is 11.8 Å². The van der Waals surface area contributed by atoms with Crippen molar-refractivity contribution in [3.8, 4) is 0 Å². The summed E-state index contributed by atoms with van der Waals surface area (Å²) < 4.78 is 15.4. The maximum absolute atomic E-state index is 15.4. The number of anilines is 1. The second kappa shape index (κ2) is 10.0. The van der Waals surface area contributed by atoms with Gasteiger partial charge in [-0.15, -0.1) is 0 Å². The fourth-order valence-corrected chi connectivity index (χ4v) is 5.74. The first-order valence-corrected chi connectivity index (χ1v) is 13.2. The number of nitrogens with zero attached hydrogens (tertiary/aromatic N) is 3. The highest BCUT2D eigenvalue weighted by Gasteiger charge is 2.34. The molecule has 3 aromatic carbocycles. The lowest BCUT2D eigenvalue weighted by molar-refractivity contribution is -0.122. The number of benzene rings is 3. The fraction of sp³-hybridized carbons (Fsp3) is 0.226. The van der Waals surface area contributed by atoms with Gasteiger partial charge in [0.05, 0.1) is 16.1 Å². The van der Waals surface area contributed by atoms with Crippen LogP contribution in [0.4, 0.5) is 15.8 Å². The number of hydrogen-bond donors (Lipinski definition) is 0. The number of carbonyl (C=O) groups is 1. The summed E-state index contributed by atoms with van der Waals surface area (Å²) in [4.78, 5) is 22.6. The SMILES string of the molecule is CC1=CC(C)(C)N(C)c2cc(F)c(/C=C3/SC(=Nc4ccccc4)N(CCc4ccccc4)C3=O)cc21. The van der Waals surface area contributed by atoms with Crippen LogP contribution in [0.1, 0.15) is 37.5 Å². The number of amides is 1. The summed E-state index contributed by atoms with van der Waals surface area (Å²) in [6.45, 7) is 6.76. The molecule has 37 heavy (non-hydrogen) atoms. The highest BCUT2D eigenvalue weighted by Crippen LogP contribution is 2.40. The quantitative estimate of drug-likeness (QED) is 0.337. The predicted molar refractivity (Wildman–Crippen MR) is 153 cm³/mol. The third kappa shape index (κ3) is 5.12. The first kappa shape index (κ1) is 25.0. The van der Waals surface area contributed by atoms with Crippen molar-refractivity contribution < 1.29 is 9.18 Å². The van der Waals surface area contributed by atoms with E-state index in [0.29, 0.717) is 28.6 Å². The minimum absolute atomic E-state index is 0.154. The van der Waals surface area contributed by atoms with Crippen LogP contribution in [0.5, 0.6) is 0 Å². The van der Waals surface area contributed by atoms with Crippen molar-refractivity contribution in [1.29, 1.82) is 0 Å². The molecule has 1 saturated heterocycles. The molecule has 2 heterocycles. The Morgan fingerprint density at radius 2 is 1.70 bits per heavy atom. The number of rotatable bonds is 5. The van der Waals surface area contributed by atoms with Crippen LogP contribution in [-0.4, -0.2) is 35.1 Å². The lowest BCUT2D eigenvalue weighted by Crippen LogP contribution is -2.42. The number of thioether (sulfide) groups is 1. The van der Waals surface area contributed by atoms with Gasteiger partial charge >= 0.3 is 0 Å². The summed E-state index contributed by atoms with van der Waals surface area (Å²) in [5.41, 5.74) is 5.04. The Labute approximate surface area is 222 Å². The van der Waals surface area contributed by atoms with Gasteiger partial charge in [-0.05, 0) is 80.4 Å². The largest absolute Gasteiger partial charge is 0.365 e. The molecule has 1 fully saturated rings. The van der Waals surface area contributed by atoms with Crippen LogP contribution in [0.15, 0.2) is 88.8 Å². The highest BCUT2D eigenvalue weighted by molar-refractivity contribution is 8.18. The van der Waals surface area contributed by atoms with Gasteiger partial charge in [0, 0.05) is 30.4 Å². The number of carbonyl (C=O) groups excluding carboxylic acids is 1. The number of halogens is 1. The van der Waals surface area contributed by atoms with Gasteiger partial charge in [0.15, 0.2) is 5.17 Å². The summed E-state index contributed by atoms with van der Waals surface area (Å²) in [7, 11) is 1.98. The smallest absolute Gasteiger partial charge is 0.266 e. The normalized spacial score (nSPS) is 18.9. The number of allylic oxidation sites excluding steroid dienone is 1. The molecule has 188 valence electrons. The first-order chi connectivity index (χ1) is 17.7. The maximum atomic E-state index is 15.4. The van der Waals surface area contributed by atoms with Crippen molar-refractivity contribution in [3.05, 3.63) is 106 Å². The Morgan fingerprint density at radius 3 is 2.41 bits per heavy atom. The Bertz CT molecular complexity index is 1430. The first-order valence-electron chi connectivity index (χ1n) is 12.4. The number of hydrogen-bond acceptors (Lipinski definition) is 4. The van der Waals surface area contributed by atoms with Gasteiger partial charge in [-0.25, -0.2) is 9.38 Å². The second-order valence-corrected chi connectivity index (χ2v) is 11.0. The highest BCUT2D eigenvalue weighted by atomic mass is 32.2. The number of amidine groups is 1. The molecule has 1 amide bonds. The summed E-state index contributed by atoms with van der Waals surface area (Å²) in [6, 6.07) is 23.1. The zero-order valence-electron chi connectivity index (χ0n) is 21.5. The minimum Gasteiger partial charge on any atom is -0.365 e. The van der Waals surface area contributed by atoms with Crippen LogP contribution in [0.25, 0.3) is 11.6 Å². The molecule has 0 atom stereocenters. The van der Waals surface area contributed by atoms with E-state index in [1.807, 2.05) is 68.6 Å². The fourth-order valence-electron chi connectivity index (χ4n) is 4.73. The monoisotopic (exact) mass is 511 g/mol. The number of aliphatic imine (C=N–C) groups is 1. The zero-order chi connectivity index (χ0) is 26.2. The Hall–Kier alpha value is -3.64. The third-order valence-corrected chi connectivity index (χ3v) is 7.96. The van der Waals surface area contributed by atoms with E-state index in [0.717, 1.165) is 28.1 Å². The van der Waals surface area contributed by atoms with Gasteiger partial charge in [0.2, 0.25) is 0 Å². The standard InChI is InChI=1S/C31H30FN3OS/c1-21-20-31(2,3)34(4)27-19-26(32)23(17-25(21)27)18-28-29(36)35(16-15-22-11-7-5-8-12-22)30(37-28)33-24-13-9-6-10-14-24/h5-14,17-20H,15-16H2,1-4H3/b28-18+,33-30?. The van der Waals surface area contributed by atoms with Crippen molar-refractivity contribution >= 4 is 45.9 Å². The molecule has 5 rings (SSSR count). The average Bonchev–Trinajstić information content (AvgIpc) is 3.16. The minimum atomic E-state index is -0.346. The lowest BCUT2D eigenvalue weighted by atomic mass is 9.88. The summed E-state index contributed by atoms with van der Waals surface area (Å²) in [5, 5.41) is 0.606. The Morgan fingerprint density at radius 1 is 1.03 bits per heavy atom. The third-order valence-electron chi connectivity index (χ3n) is 6.96. The van der Waals surface area contributed by atoms with Crippen LogP contribution in [0, 0.1) is 5.82 Å². The van der Waals surface area contributed by atoms with Crippen LogP contribution in [-0.2, 0) is 11.2 Å². The van der Waals surface area contributed by atoms with Crippen molar-refractivity contribution in [2.45, 2.75) is 32.7 Å². The van der Waals surface area contributed by atoms with E-state index in [2.05, 4.69) is 37.0 Å². The average molecular weight is 512 g/mol. The Kier molecular flexibility index (Phi) is 6.78. The number of likely N-dealkylation sites (N-methyl/N-ethyl adjacent to an activating group) is 1. The summed E-state index contributed by atoms with van der Waals surface area (Å²) in [6.07, 6.45) is 4.56. The molecular weight excluding hydrogens is 481 g/mol. The van der Waals surface area contributed by atoms with Gasteiger partial charge in [0.1, 0.15) is 5.82 Å². The molecule has 0 aliphatic carbocycles. The lowest BCUT2D eigenvalue weighted by Gasteiger charge is -2.40. The van der Waals surface area contributed by atoms with E-state index in [1.54, 1.807) is 17.0 Å². The molecule has 2 aliphatic heterocycles. The molecule has 0 unspecified atom stereocenters. The van der Waals surface area contributed by atoms with Crippen molar-refractivity contribution in [3.63, 3.8) is 0 Å². The molecule has 0 spiro atoms. The molecule has 0 saturated carbocycles. The molecule has 4 nitrogen and oxygen atoms in total. The molecule has 0 bridgehead atoms. The van der Waals surface area contributed by atoms with E-state index in [9.17, 15) is 4.79 Å². The molecule has 6 heteroatoms. The van der Waals surface area contributed by atoms with Crippen molar-refractivity contribution in [1.82, 2.24) is 4.90 Å². The van der Waals surface area contributed by atoms with Gasteiger partial charge in [0.25, 0.3) is 5.91 Å². The van der Waals surface area contributed by atoms with Crippen LogP contribution in [0.3, 0.4) is 0 Å². The van der Waals surface area contributed by atoms with E-state index < -0.39 is 0 Å². The molecule has 0 radical (unpaired) electrons. The van der Waals surface area contributed by atoms with E-state index in [-0.39, 0.29) is 17.3 Å². The van der Waals surface area contributed by atoms with Gasteiger partial charge < -0.3 is 4.90 Å². The van der Waals surface area contributed by atoms with Crippen LogP contribution < -0.4 is 4.90 Å². The number of para-hydroxylation sites is 1. The van der Waals surface area contributed by atoms with Gasteiger partial charge in [-0.1, -0.05) is 54.6 Å². The predicted octanol–water partition coefficient (Wildman–Crippen LogP) is 7.30. The Balaban J connectivity index is 1.50. The topological polar surface area (TPSA) is 35.9 Å². The van der Waals surface area contributed by atoms with E-state index >= 15 is 4.39 Å². The summed E-state index contributed by atoms with van der Waals surface area (Å²) >= 11 is 1.29. The summed E-state index contributed by atoms with van der Waals surface area (Å²) in [5.74, 6) is -0.500. The molecule has 0 aromatic heterocycles. The van der Waals surface area contributed by atoms with Gasteiger partial charge in [-0.2, -0.15) is 0 Å². The molecule has 2 aliphatic rings. The van der Waals surface area contributed by atoms with Crippen molar-refractivity contribution in [2.75, 3.05) is 18.5 Å². The molecule has 3 aromatic rings. The second-order valence-electron chi connectivity index (χ2n) is 9.96. The maximum Gasteiger partial charge on any atom is 0.266 e. The van der Waals surface area contributed by atoms with E-state index in [4.69, 9.17) is 4.99 Å². The van der Waals surface area contributed by atoms with Gasteiger partial charge in [-0.3, -0.25) is 9.69 Å².